The van der Waals surface area contributed by atoms with Crippen molar-refractivity contribution in [2.45, 2.75) is 32.7 Å². The van der Waals surface area contributed by atoms with Gasteiger partial charge in [-0.3, -0.25) is 0 Å². The highest BCUT2D eigenvalue weighted by atomic mass is 16.4. The van der Waals surface area contributed by atoms with Crippen molar-refractivity contribution in [1.82, 2.24) is 4.57 Å². The van der Waals surface area contributed by atoms with E-state index >= 15 is 0 Å². The van der Waals surface area contributed by atoms with E-state index < -0.39 is 5.97 Å². The van der Waals surface area contributed by atoms with Crippen LogP contribution in [-0.4, -0.2) is 15.6 Å². The second-order valence-corrected chi connectivity index (χ2v) is 5.39. The van der Waals surface area contributed by atoms with E-state index in [1.54, 1.807) is 12.1 Å². The molecule has 0 saturated carbocycles. The number of para-hydroxylation sites is 1. The van der Waals surface area contributed by atoms with Crippen LogP contribution in [0.2, 0.25) is 0 Å². The molecule has 1 aromatic heterocycles. The Balaban J connectivity index is 2.43. The molecule has 0 atom stereocenters. The quantitative estimate of drug-likeness (QED) is 0.742. The second kappa shape index (κ2) is 5.24. The first-order valence-corrected chi connectivity index (χ1v) is 7.43. The third-order valence-corrected chi connectivity index (χ3v) is 4.27. The number of aromatic nitrogens is 1. The lowest BCUT2D eigenvalue weighted by Crippen LogP contribution is -2.07. The Morgan fingerprint density at radius 2 is 1.71 bits per heavy atom. The molecule has 3 nitrogen and oxygen atoms in total. The summed E-state index contributed by atoms with van der Waals surface area (Å²) in [4.78, 5) is 11.3. The van der Waals surface area contributed by atoms with E-state index in [2.05, 4.69) is 30.5 Å². The molecule has 3 rings (SSSR count). The topological polar surface area (TPSA) is 42.2 Å². The fourth-order valence-corrected chi connectivity index (χ4v) is 3.18. The molecule has 3 heteroatoms. The predicted octanol–water partition coefficient (Wildman–Crippen LogP) is 4.85. The van der Waals surface area contributed by atoms with Crippen molar-refractivity contribution in [3.8, 4) is 0 Å². The number of nitrogens with zero attached hydrogens (tertiary/aromatic N) is 1. The zero-order valence-corrected chi connectivity index (χ0v) is 12.3. The molecular weight excluding hydrogens is 262 g/mol. The Hall–Kier alpha value is -2.29. The minimum atomic E-state index is -0.877. The van der Waals surface area contributed by atoms with Crippen LogP contribution in [0.3, 0.4) is 0 Å². The standard InChI is InChI=1S/C18H19NO2/c1-3-13(4-2)19-16-8-6-5-7-14(16)15-10-9-12(18(20)21)11-17(15)19/h5-11,13H,3-4H2,1-2H3,(H,20,21). The summed E-state index contributed by atoms with van der Waals surface area (Å²) in [6.45, 7) is 4.35. The predicted molar refractivity (Wildman–Crippen MR) is 86.0 cm³/mol. The van der Waals surface area contributed by atoms with E-state index in [1.165, 1.54) is 10.9 Å². The van der Waals surface area contributed by atoms with Crippen LogP contribution < -0.4 is 0 Å². The van der Waals surface area contributed by atoms with Crippen LogP contribution in [-0.2, 0) is 0 Å². The number of rotatable bonds is 4. The van der Waals surface area contributed by atoms with Gasteiger partial charge in [-0.05, 0) is 31.0 Å². The molecule has 21 heavy (non-hydrogen) atoms. The molecule has 1 heterocycles. The van der Waals surface area contributed by atoms with Crippen molar-refractivity contribution < 1.29 is 9.90 Å². The number of fused-ring (bicyclic) bond motifs is 3. The first-order valence-electron chi connectivity index (χ1n) is 7.43. The molecule has 3 aromatic rings. The molecule has 0 unspecified atom stereocenters. The van der Waals surface area contributed by atoms with E-state index in [0.717, 1.165) is 23.7 Å². The van der Waals surface area contributed by atoms with Gasteiger partial charge in [0.15, 0.2) is 0 Å². The van der Waals surface area contributed by atoms with Crippen LogP contribution >= 0.6 is 0 Å². The van der Waals surface area contributed by atoms with Gasteiger partial charge in [-0.15, -0.1) is 0 Å². The first kappa shape index (κ1) is 13.7. The zero-order chi connectivity index (χ0) is 15.0. The molecule has 0 bridgehead atoms. The van der Waals surface area contributed by atoms with Crippen molar-refractivity contribution in [2.75, 3.05) is 0 Å². The molecular formula is C18H19NO2. The Bertz CT molecular complexity index is 813. The summed E-state index contributed by atoms with van der Waals surface area (Å²) < 4.78 is 2.30. The average Bonchev–Trinajstić information content (AvgIpc) is 2.83. The highest BCUT2D eigenvalue weighted by Crippen LogP contribution is 2.34. The molecule has 0 spiro atoms. The monoisotopic (exact) mass is 281 g/mol. The molecule has 2 aromatic carbocycles. The van der Waals surface area contributed by atoms with Crippen molar-refractivity contribution in [3.05, 3.63) is 48.0 Å². The lowest BCUT2D eigenvalue weighted by Gasteiger charge is -2.18. The second-order valence-electron chi connectivity index (χ2n) is 5.39. The minimum absolute atomic E-state index is 0.345. The largest absolute Gasteiger partial charge is 0.478 e. The van der Waals surface area contributed by atoms with E-state index in [-0.39, 0.29) is 0 Å². The number of hydrogen-bond donors (Lipinski definition) is 1. The fourth-order valence-electron chi connectivity index (χ4n) is 3.18. The number of carboxylic acid groups (broad SMARTS) is 1. The molecule has 0 saturated heterocycles. The average molecular weight is 281 g/mol. The lowest BCUT2D eigenvalue weighted by molar-refractivity contribution is 0.0697. The maximum absolute atomic E-state index is 11.3. The maximum Gasteiger partial charge on any atom is 0.335 e. The van der Waals surface area contributed by atoms with Crippen molar-refractivity contribution in [1.29, 1.82) is 0 Å². The summed E-state index contributed by atoms with van der Waals surface area (Å²) in [7, 11) is 0. The molecule has 0 fully saturated rings. The van der Waals surface area contributed by atoms with Crippen molar-refractivity contribution in [3.63, 3.8) is 0 Å². The highest BCUT2D eigenvalue weighted by molar-refractivity contribution is 6.09. The van der Waals surface area contributed by atoms with Crippen LogP contribution in [0.15, 0.2) is 42.5 Å². The number of carbonyl (C=O) groups is 1. The van der Waals surface area contributed by atoms with Crippen LogP contribution in [0.1, 0.15) is 43.1 Å². The van der Waals surface area contributed by atoms with Crippen molar-refractivity contribution in [2.24, 2.45) is 0 Å². The van der Waals surface area contributed by atoms with E-state index in [0.29, 0.717) is 11.6 Å². The van der Waals surface area contributed by atoms with Gasteiger partial charge >= 0.3 is 5.97 Å². The highest BCUT2D eigenvalue weighted by Gasteiger charge is 2.17. The van der Waals surface area contributed by atoms with E-state index in [4.69, 9.17) is 0 Å². The van der Waals surface area contributed by atoms with Crippen LogP contribution in [0.5, 0.6) is 0 Å². The SMILES string of the molecule is CCC(CC)n1c2ccccc2c2ccc(C(=O)O)cc21. The Kier molecular flexibility index (Phi) is 3.42. The van der Waals surface area contributed by atoms with Gasteiger partial charge in [0, 0.05) is 22.3 Å². The van der Waals surface area contributed by atoms with Crippen molar-refractivity contribution >= 4 is 27.8 Å². The lowest BCUT2D eigenvalue weighted by atomic mass is 10.1. The molecule has 0 aliphatic rings. The number of carboxylic acids is 1. The van der Waals surface area contributed by atoms with Gasteiger partial charge in [0.05, 0.1) is 11.1 Å². The van der Waals surface area contributed by atoms with Gasteiger partial charge in [0.1, 0.15) is 0 Å². The van der Waals surface area contributed by atoms with E-state index in [9.17, 15) is 9.90 Å². The number of benzene rings is 2. The molecule has 1 N–H and O–H groups in total. The summed E-state index contributed by atoms with van der Waals surface area (Å²) in [6.07, 6.45) is 2.06. The van der Waals surface area contributed by atoms with Crippen LogP contribution in [0.4, 0.5) is 0 Å². The summed E-state index contributed by atoms with van der Waals surface area (Å²) in [5.74, 6) is -0.877. The Morgan fingerprint density at radius 1 is 1.05 bits per heavy atom. The van der Waals surface area contributed by atoms with E-state index in [1.807, 2.05) is 18.2 Å². The Labute approximate surface area is 123 Å². The number of aromatic carboxylic acids is 1. The fraction of sp³-hybridized carbons (Fsp3) is 0.278. The van der Waals surface area contributed by atoms with Gasteiger partial charge in [0.25, 0.3) is 0 Å². The third kappa shape index (κ3) is 2.09. The smallest absolute Gasteiger partial charge is 0.335 e. The molecule has 0 amide bonds. The number of hydrogen-bond acceptors (Lipinski definition) is 1. The van der Waals surface area contributed by atoms with Gasteiger partial charge in [0.2, 0.25) is 0 Å². The third-order valence-electron chi connectivity index (χ3n) is 4.27. The first-order chi connectivity index (χ1) is 10.2. The van der Waals surface area contributed by atoms with Gasteiger partial charge < -0.3 is 9.67 Å². The van der Waals surface area contributed by atoms with Crippen LogP contribution in [0.25, 0.3) is 21.8 Å². The van der Waals surface area contributed by atoms with Gasteiger partial charge in [-0.25, -0.2) is 4.79 Å². The summed E-state index contributed by atoms with van der Waals surface area (Å²) >= 11 is 0. The maximum atomic E-state index is 11.3. The molecule has 0 radical (unpaired) electrons. The van der Waals surface area contributed by atoms with Gasteiger partial charge in [-0.1, -0.05) is 38.1 Å². The van der Waals surface area contributed by atoms with Gasteiger partial charge in [-0.2, -0.15) is 0 Å². The van der Waals surface area contributed by atoms with Crippen LogP contribution in [0, 0.1) is 0 Å². The minimum Gasteiger partial charge on any atom is -0.478 e. The Morgan fingerprint density at radius 3 is 2.38 bits per heavy atom. The molecule has 0 aliphatic heterocycles. The zero-order valence-electron chi connectivity index (χ0n) is 12.3. The molecule has 108 valence electrons. The summed E-state index contributed by atoms with van der Waals surface area (Å²) in [5.41, 5.74) is 2.55. The molecule has 0 aliphatic carbocycles. The summed E-state index contributed by atoms with van der Waals surface area (Å²) in [5, 5.41) is 11.6. The summed E-state index contributed by atoms with van der Waals surface area (Å²) in [6, 6.07) is 14.1. The normalized spacial score (nSPS) is 11.6.